The molecule has 0 aliphatic heterocycles. The second-order valence-corrected chi connectivity index (χ2v) is 10.1. The van der Waals surface area contributed by atoms with Gasteiger partial charge in [0.05, 0.1) is 22.6 Å². The van der Waals surface area contributed by atoms with Gasteiger partial charge in [0, 0.05) is 42.2 Å². The molecule has 0 fully saturated rings. The molecule has 0 spiro atoms. The Morgan fingerprint density at radius 2 is 1.59 bits per heavy atom. The molecule has 1 N–H and O–H groups in total. The Bertz CT molecular complexity index is 1490. The number of fused-ring (bicyclic) bond motifs is 1. The largest absolute Gasteiger partial charge is 0.346 e. The van der Waals surface area contributed by atoms with E-state index in [1.165, 1.54) is 0 Å². The van der Waals surface area contributed by atoms with Gasteiger partial charge in [-0.1, -0.05) is 59.1 Å². The average molecular weight is 558 g/mol. The maximum atomic E-state index is 12.9. The van der Waals surface area contributed by atoms with Crippen molar-refractivity contribution in [1.29, 1.82) is 5.41 Å². The van der Waals surface area contributed by atoms with Crippen LogP contribution in [0.2, 0.25) is 15.1 Å². The fourth-order valence-electron chi connectivity index (χ4n) is 4.33. The van der Waals surface area contributed by atoms with Crippen LogP contribution in [0.3, 0.4) is 0 Å². The minimum Gasteiger partial charge on any atom is -0.346 e. The van der Waals surface area contributed by atoms with Crippen LogP contribution in [0.25, 0.3) is 11.0 Å². The highest BCUT2D eigenvalue weighted by molar-refractivity contribution is 6.35. The minimum atomic E-state index is -0.127. The van der Waals surface area contributed by atoms with Gasteiger partial charge in [0.1, 0.15) is 0 Å². The summed E-state index contributed by atoms with van der Waals surface area (Å²) in [4.78, 5) is 27.3. The van der Waals surface area contributed by atoms with Crippen LogP contribution < -0.4 is 5.62 Å². The maximum absolute atomic E-state index is 12.9. The van der Waals surface area contributed by atoms with Gasteiger partial charge in [-0.25, -0.2) is 0 Å². The van der Waals surface area contributed by atoms with Crippen molar-refractivity contribution in [2.45, 2.75) is 32.4 Å². The van der Waals surface area contributed by atoms with Crippen LogP contribution in [-0.2, 0) is 24.3 Å². The Morgan fingerprint density at radius 3 is 2.32 bits per heavy atom. The van der Waals surface area contributed by atoms with Crippen molar-refractivity contribution in [3.63, 3.8) is 0 Å². The van der Waals surface area contributed by atoms with E-state index in [0.717, 1.165) is 5.56 Å². The lowest BCUT2D eigenvalue weighted by molar-refractivity contribution is -0.129. The summed E-state index contributed by atoms with van der Waals surface area (Å²) < 4.78 is 3.46. The molecule has 0 radical (unpaired) electrons. The third-order valence-electron chi connectivity index (χ3n) is 6.37. The molecule has 4 rings (SSSR count). The lowest BCUT2D eigenvalue weighted by Crippen LogP contribution is -2.31. The zero-order valence-corrected chi connectivity index (χ0v) is 22.7. The molecule has 37 heavy (non-hydrogen) atoms. The Morgan fingerprint density at radius 1 is 0.892 bits per heavy atom. The predicted molar refractivity (Wildman–Crippen MR) is 149 cm³/mol. The van der Waals surface area contributed by atoms with Crippen LogP contribution in [0.15, 0.2) is 66.7 Å². The number of amides is 1. The SMILES string of the molecule is CN(CCCn1c(=N)n(CC(=O)c2ccc(Cl)cc2)c2cccc(Cl)c21)C(=O)CCc1ccccc1Cl. The number of carbonyl (C=O) groups excluding carboxylic acids is 2. The molecule has 3 aromatic carbocycles. The third-order valence-corrected chi connectivity index (χ3v) is 7.30. The molecule has 1 aromatic heterocycles. The predicted octanol–water partition coefficient (Wildman–Crippen LogP) is 6.25. The summed E-state index contributed by atoms with van der Waals surface area (Å²) in [6.45, 7) is 1.00. The number of hydrogen-bond donors (Lipinski definition) is 1. The molecule has 0 saturated carbocycles. The van der Waals surface area contributed by atoms with E-state index in [2.05, 4.69) is 0 Å². The van der Waals surface area contributed by atoms with Crippen molar-refractivity contribution in [2.75, 3.05) is 13.6 Å². The summed E-state index contributed by atoms with van der Waals surface area (Å²) in [5.41, 5.74) is 3.07. The number of aromatic nitrogens is 2. The summed E-state index contributed by atoms with van der Waals surface area (Å²) in [6.07, 6.45) is 1.58. The number of carbonyl (C=O) groups is 2. The van der Waals surface area contributed by atoms with Gasteiger partial charge < -0.3 is 14.0 Å². The summed E-state index contributed by atoms with van der Waals surface area (Å²) in [5.74, 6) is -0.0944. The van der Waals surface area contributed by atoms with Crippen LogP contribution in [0.5, 0.6) is 0 Å². The molecule has 4 aromatic rings. The van der Waals surface area contributed by atoms with E-state index in [1.807, 2.05) is 36.4 Å². The van der Waals surface area contributed by atoms with Crippen LogP contribution in [0.1, 0.15) is 28.8 Å². The number of Topliss-reactive ketones (excluding diaryl/α,β-unsaturated/α-hetero) is 1. The number of aryl methyl sites for hydroxylation is 2. The van der Waals surface area contributed by atoms with Gasteiger partial charge in [-0.3, -0.25) is 15.0 Å². The normalized spacial score (nSPS) is 11.1. The molecule has 9 heteroatoms. The first kappa shape index (κ1) is 27.0. The minimum absolute atomic E-state index is 0.00470. The number of hydrogen-bond acceptors (Lipinski definition) is 3. The van der Waals surface area contributed by atoms with Crippen molar-refractivity contribution >= 4 is 57.5 Å². The fraction of sp³-hybridized carbons (Fsp3) is 0.250. The summed E-state index contributed by atoms with van der Waals surface area (Å²) in [5, 5.41) is 10.5. The summed E-state index contributed by atoms with van der Waals surface area (Å²) in [7, 11) is 1.78. The van der Waals surface area contributed by atoms with E-state index >= 15 is 0 Å². The van der Waals surface area contributed by atoms with E-state index in [4.69, 9.17) is 40.2 Å². The van der Waals surface area contributed by atoms with Crippen molar-refractivity contribution in [3.8, 4) is 0 Å². The Labute approximate surface area is 230 Å². The average Bonchev–Trinajstić information content (AvgIpc) is 3.15. The molecule has 0 bridgehead atoms. The molecule has 0 aliphatic carbocycles. The van der Waals surface area contributed by atoms with Crippen LogP contribution >= 0.6 is 34.8 Å². The second kappa shape index (κ2) is 12.0. The molecular formula is C28H27Cl3N4O2. The van der Waals surface area contributed by atoms with Gasteiger partial charge in [0.25, 0.3) is 0 Å². The van der Waals surface area contributed by atoms with Gasteiger partial charge in [-0.2, -0.15) is 0 Å². The third kappa shape index (κ3) is 6.27. The first-order chi connectivity index (χ1) is 17.8. The number of imidazole rings is 1. The van der Waals surface area contributed by atoms with Gasteiger partial charge >= 0.3 is 0 Å². The number of benzene rings is 3. The highest BCUT2D eigenvalue weighted by atomic mass is 35.5. The zero-order chi connectivity index (χ0) is 26.5. The van der Waals surface area contributed by atoms with Gasteiger partial charge in [0.15, 0.2) is 5.78 Å². The van der Waals surface area contributed by atoms with E-state index in [9.17, 15) is 9.59 Å². The topological polar surface area (TPSA) is 71.1 Å². The van der Waals surface area contributed by atoms with Crippen molar-refractivity contribution < 1.29 is 9.59 Å². The Kier molecular flexibility index (Phi) is 8.75. The van der Waals surface area contributed by atoms with Crippen molar-refractivity contribution in [1.82, 2.24) is 14.0 Å². The van der Waals surface area contributed by atoms with E-state index in [-0.39, 0.29) is 23.9 Å². The molecule has 192 valence electrons. The lowest BCUT2D eigenvalue weighted by Gasteiger charge is -2.17. The number of para-hydroxylation sites is 1. The fourth-order valence-corrected chi connectivity index (χ4v) is 4.96. The first-order valence-corrected chi connectivity index (χ1v) is 13.1. The first-order valence-electron chi connectivity index (χ1n) is 11.9. The van der Waals surface area contributed by atoms with Crippen LogP contribution in [-0.4, -0.2) is 39.3 Å². The van der Waals surface area contributed by atoms with Crippen LogP contribution in [0, 0.1) is 5.41 Å². The molecule has 1 heterocycles. The second-order valence-electron chi connectivity index (χ2n) is 8.86. The molecular weight excluding hydrogens is 531 g/mol. The number of halogens is 3. The molecule has 0 atom stereocenters. The van der Waals surface area contributed by atoms with Crippen LogP contribution in [0.4, 0.5) is 0 Å². The molecule has 0 unspecified atom stereocenters. The Hall–Kier alpha value is -3.06. The quantitative estimate of drug-likeness (QED) is 0.234. The number of ketones is 1. The van der Waals surface area contributed by atoms with Gasteiger partial charge in [-0.05, 0) is 60.9 Å². The maximum Gasteiger partial charge on any atom is 0.222 e. The van der Waals surface area contributed by atoms with E-state index in [0.29, 0.717) is 64.0 Å². The monoisotopic (exact) mass is 556 g/mol. The van der Waals surface area contributed by atoms with E-state index in [1.54, 1.807) is 51.4 Å². The van der Waals surface area contributed by atoms with Gasteiger partial charge in [-0.15, -0.1) is 0 Å². The van der Waals surface area contributed by atoms with E-state index < -0.39 is 0 Å². The van der Waals surface area contributed by atoms with Gasteiger partial charge in [0.2, 0.25) is 11.5 Å². The highest BCUT2D eigenvalue weighted by Crippen LogP contribution is 2.24. The molecule has 0 saturated heterocycles. The zero-order valence-electron chi connectivity index (χ0n) is 20.4. The standard InChI is InChI=1S/C28H27Cl3N4O2/c1-33(26(37)15-12-19-6-2-3-7-22(19)30)16-5-17-34-27-23(31)8-4-9-24(27)35(28(34)32)18-25(36)20-10-13-21(29)14-11-20/h2-4,6-11,13-14,32H,5,12,15-18H2,1H3. The van der Waals surface area contributed by atoms with Crippen molar-refractivity contribution in [3.05, 3.63) is 98.5 Å². The number of rotatable bonds is 10. The lowest BCUT2D eigenvalue weighted by atomic mass is 10.1. The smallest absolute Gasteiger partial charge is 0.222 e. The number of nitrogens with zero attached hydrogens (tertiary/aromatic N) is 3. The summed E-state index contributed by atoms with van der Waals surface area (Å²) in [6, 6.07) is 19.7. The molecule has 6 nitrogen and oxygen atoms in total. The highest BCUT2D eigenvalue weighted by Gasteiger charge is 2.17. The van der Waals surface area contributed by atoms with Crippen molar-refractivity contribution in [2.24, 2.45) is 0 Å². The molecule has 1 amide bonds. The Balaban J connectivity index is 1.45. The number of nitrogens with one attached hydrogen (secondary N) is 1. The molecule has 0 aliphatic rings. The summed E-state index contributed by atoms with van der Waals surface area (Å²) >= 11 is 18.7.